The van der Waals surface area contributed by atoms with E-state index < -0.39 is 0 Å². The molecule has 0 saturated carbocycles. The van der Waals surface area contributed by atoms with Crippen LogP contribution in [0.15, 0.2) is 28.7 Å². The lowest BCUT2D eigenvalue weighted by Gasteiger charge is -2.27. The van der Waals surface area contributed by atoms with Gasteiger partial charge in [0.05, 0.1) is 6.61 Å². The predicted molar refractivity (Wildman–Crippen MR) is 86.3 cm³/mol. The van der Waals surface area contributed by atoms with E-state index in [4.69, 9.17) is 4.74 Å². The van der Waals surface area contributed by atoms with Crippen LogP contribution in [0.3, 0.4) is 0 Å². The van der Waals surface area contributed by atoms with E-state index in [1.165, 1.54) is 0 Å². The van der Waals surface area contributed by atoms with Crippen molar-refractivity contribution in [3.8, 4) is 0 Å². The molecule has 0 aromatic heterocycles. The van der Waals surface area contributed by atoms with E-state index in [2.05, 4.69) is 34.7 Å². The first-order chi connectivity index (χ1) is 9.58. The van der Waals surface area contributed by atoms with E-state index >= 15 is 0 Å². The van der Waals surface area contributed by atoms with Gasteiger partial charge >= 0.3 is 0 Å². The number of carbonyl (C=O) groups is 1. The van der Waals surface area contributed by atoms with Gasteiger partial charge in [-0.2, -0.15) is 0 Å². The first-order valence-electron chi connectivity index (χ1n) is 7.10. The Morgan fingerprint density at radius 2 is 1.95 bits per heavy atom. The molecule has 112 valence electrons. The van der Waals surface area contributed by atoms with Gasteiger partial charge in [0, 0.05) is 42.7 Å². The molecule has 0 aliphatic heterocycles. The van der Waals surface area contributed by atoms with Crippen LogP contribution in [-0.2, 0) is 4.74 Å². The van der Waals surface area contributed by atoms with Crippen LogP contribution in [-0.4, -0.2) is 43.5 Å². The fourth-order valence-corrected chi connectivity index (χ4v) is 2.31. The lowest BCUT2D eigenvalue weighted by Crippen LogP contribution is -2.37. The summed E-state index contributed by atoms with van der Waals surface area (Å²) in [5.74, 6) is 0.197. The average molecular weight is 342 g/mol. The minimum atomic E-state index is 0.197. The van der Waals surface area contributed by atoms with Gasteiger partial charge in [-0.1, -0.05) is 35.0 Å². The molecule has 0 amide bonds. The van der Waals surface area contributed by atoms with Crippen molar-refractivity contribution in [2.75, 3.05) is 26.8 Å². The summed E-state index contributed by atoms with van der Waals surface area (Å²) in [6.07, 6.45) is 1.63. The molecule has 3 nitrogen and oxygen atoms in total. The third kappa shape index (κ3) is 5.73. The number of Topliss-reactive ketones (excluding diaryl/α,β-unsaturated/α-hetero) is 1. The van der Waals surface area contributed by atoms with Gasteiger partial charge in [0.1, 0.15) is 0 Å². The summed E-state index contributed by atoms with van der Waals surface area (Å²) in [7, 11) is 1.71. The Kier molecular flexibility index (Phi) is 8.04. The van der Waals surface area contributed by atoms with Crippen molar-refractivity contribution in [2.45, 2.75) is 32.7 Å². The van der Waals surface area contributed by atoms with Crippen molar-refractivity contribution < 1.29 is 9.53 Å². The smallest absolute Gasteiger partial charge is 0.164 e. The first kappa shape index (κ1) is 17.3. The van der Waals surface area contributed by atoms with Crippen molar-refractivity contribution in [2.24, 2.45) is 0 Å². The molecule has 0 spiro atoms. The van der Waals surface area contributed by atoms with Crippen molar-refractivity contribution >= 4 is 21.7 Å². The number of carbonyl (C=O) groups excluding carboxylic acids is 1. The van der Waals surface area contributed by atoms with Crippen LogP contribution in [0, 0.1) is 0 Å². The number of nitrogens with zero attached hydrogens (tertiary/aromatic N) is 1. The third-order valence-corrected chi connectivity index (χ3v) is 4.12. The van der Waals surface area contributed by atoms with Crippen LogP contribution in [0.25, 0.3) is 0 Å². The summed E-state index contributed by atoms with van der Waals surface area (Å²) >= 11 is 3.38. The van der Waals surface area contributed by atoms with Gasteiger partial charge in [-0.15, -0.1) is 0 Å². The van der Waals surface area contributed by atoms with Gasteiger partial charge in [-0.05, 0) is 25.5 Å². The molecule has 1 unspecified atom stereocenters. The highest BCUT2D eigenvalue weighted by molar-refractivity contribution is 9.10. The number of halogens is 1. The number of hydrogen-bond donors (Lipinski definition) is 0. The van der Waals surface area contributed by atoms with E-state index in [-0.39, 0.29) is 5.78 Å². The van der Waals surface area contributed by atoms with Gasteiger partial charge in [0.2, 0.25) is 0 Å². The molecule has 1 aromatic carbocycles. The number of rotatable bonds is 9. The van der Waals surface area contributed by atoms with Crippen LogP contribution in [0.5, 0.6) is 0 Å². The van der Waals surface area contributed by atoms with E-state index in [1.54, 1.807) is 7.11 Å². The Morgan fingerprint density at radius 3 is 2.50 bits per heavy atom. The zero-order chi connectivity index (χ0) is 15.0. The second-order valence-electron chi connectivity index (χ2n) is 4.97. The third-order valence-electron chi connectivity index (χ3n) is 3.59. The molecule has 0 saturated heterocycles. The van der Waals surface area contributed by atoms with Crippen LogP contribution in [0.2, 0.25) is 0 Å². The second kappa shape index (κ2) is 9.27. The van der Waals surface area contributed by atoms with E-state index in [0.29, 0.717) is 19.1 Å². The minimum Gasteiger partial charge on any atom is -0.383 e. The molecule has 0 fully saturated rings. The Labute approximate surface area is 130 Å². The number of benzene rings is 1. The van der Waals surface area contributed by atoms with E-state index in [9.17, 15) is 4.79 Å². The molecule has 1 atom stereocenters. The molecule has 0 aliphatic rings. The Bertz CT molecular complexity index is 405. The summed E-state index contributed by atoms with van der Waals surface area (Å²) in [6.45, 7) is 6.73. The molecule has 0 aliphatic carbocycles. The SMILES string of the molecule is CCC(C)N(CCOC)CCC(=O)c1ccc(Br)cc1. The highest BCUT2D eigenvalue weighted by Crippen LogP contribution is 2.13. The average Bonchev–Trinajstić information content (AvgIpc) is 2.47. The highest BCUT2D eigenvalue weighted by Gasteiger charge is 2.14. The normalized spacial score (nSPS) is 12.7. The maximum atomic E-state index is 12.2. The molecule has 0 radical (unpaired) electrons. The summed E-state index contributed by atoms with van der Waals surface area (Å²) in [5.41, 5.74) is 0.782. The highest BCUT2D eigenvalue weighted by atomic mass is 79.9. The zero-order valence-corrected chi connectivity index (χ0v) is 14.1. The molecule has 1 aromatic rings. The first-order valence-corrected chi connectivity index (χ1v) is 7.89. The monoisotopic (exact) mass is 341 g/mol. The largest absolute Gasteiger partial charge is 0.383 e. The lowest BCUT2D eigenvalue weighted by molar-refractivity contribution is 0.0916. The topological polar surface area (TPSA) is 29.5 Å². The van der Waals surface area contributed by atoms with Gasteiger partial charge in [-0.3, -0.25) is 9.69 Å². The Hall–Kier alpha value is -0.710. The number of methoxy groups -OCH3 is 1. The van der Waals surface area contributed by atoms with Gasteiger partial charge < -0.3 is 4.74 Å². The number of hydrogen-bond acceptors (Lipinski definition) is 3. The summed E-state index contributed by atoms with van der Waals surface area (Å²) in [4.78, 5) is 14.5. The molecule has 20 heavy (non-hydrogen) atoms. The van der Waals surface area contributed by atoms with E-state index in [0.717, 1.165) is 29.5 Å². The van der Waals surface area contributed by atoms with Gasteiger partial charge in [0.25, 0.3) is 0 Å². The van der Waals surface area contributed by atoms with Crippen LogP contribution < -0.4 is 0 Å². The van der Waals surface area contributed by atoms with Crippen molar-refractivity contribution in [3.63, 3.8) is 0 Å². The number of ketones is 1. The van der Waals surface area contributed by atoms with Crippen LogP contribution in [0.1, 0.15) is 37.0 Å². The van der Waals surface area contributed by atoms with Crippen molar-refractivity contribution in [1.29, 1.82) is 0 Å². The lowest BCUT2D eigenvalue weighted by atomic mass is 10.1. The zero-order valence-electron chi connectivity index (χ0n) is 12.6. The molecular formula is C16H24BrNO2. The second-order valence-corrected chi connectivity index (χ2v) is 5.88. The molecular weight excluding hydrogens is 318 g/mol. The number of ether oxygens (including phenoxy) is 1. The standard InChI is InChI=1S/C16H24BrNO2/c1-4-13(2)18(11-12-20-3)10-9-16(19)14-5-7-15(17)8-6-14/h5-8,13H,4,9-12H2,1-3H3. The van der Waals surface area contributed by atoms with Crippen molar-refractivity contribution in [1.82, 2.24) is 4.90 Å². The van der Waals surface area contributed by atoms with E-state index in [1.807, 2.05) is 24.3 Å². The fourth-order valence-electron chi connectivity index (χ4n) is 2.04. The predicted octanol–water partition coefficient (Wildman–Crippen LogP) is 3.77. The molecule has 0 N–H and O–H groups in total. The minimum absolute atomic E-state index is 0.197. The van der Waals surface area contributed by atoms with Gasteiger partial charge in [-0.25, -0.2) is 0 Å². The quantitative estimate of drug-likeness (QED) is 0.640. The molecule has 0 heterocycles. The van der Waals surface area contributed by atoms with Crippen molar-refractivity contribution in [3.05, 3.63) is 34.3 Å². The fraction of sp³-hybridized carbons (Fsp3) is 0.562. The molecule has 1 rings (SSSR count). The summed E-state index contributed by atoms with van der Waals surface area (Å²) < 4.78 is 6.14. The summed E-state index contributed by atoms with van der Waals surface area (Å²) in [5, 5.41) is 0. The Morgan fingerprint density at radius 1 is 1.30 bits per heavy atom. The van der Waals surface area contributed by atoms with Crippen LogP contribution in [0.4, 0.5) is 0 Å². The summed E-state index contributed by atoms with van der Waals surface area (Å²) in [6, 6.07) is 8.03. The van der Waals surface area contributed by atoms with Gasteiger partial charge in [0.15, 0.2) is 5.78 Å². The maximum Gasteiger partial charge on any atom is 0.164 e. The van der Waals surface area contributed by atoms with Crippen LogP contribution >= 0.6 is 15.9 Å². The molecule has 4 heteroatoms. The molecule has 0 bridgehead atoms. The Balaban J connectivity index is 2.53. The maximum absolute atomic E-state index is 12.2.